The van der Waals surface area contributed by atoms with Crippen molar-refractivity contribution in [3.05, 3.63) is 66.3 Å². The van der Waals surface area contributed by atoms with Crippen LogP contribution < -0.4 is 0 Å². The third kappa shape index (κ3) is 5.50. The van der Waals surface area contributed by atoms with Crippen LogP contribution in [0.25, 0.3) is 11.4 Å². The number of aromatic nitrogens is 3. The quantitative estimate of drug-likeness (QED) is 0.565. The zero-order valence-electron chi connectivity index (χ0n) is 13.3. The van der Waals surface area contributed by atoms with Crippen LogP contribution in [0, 0.1) is 5.41 Å². The highest BCUT2D eigenvalue weighted by Gasteiger charge is 2.15. The van der Waals surface area contributed by atoms with Gasteiger partial charge in [-0.3, -0.25) is 15.4 Å². The Hall–Kier alpha value is -3.06. The van der Waals surface area contributed by atoms with Crippen molar-refractivity contribution >= 4 is 22.7 Å². The van der Waals surface area contributed by atoms with Crippen molar-refractivity contribution in [3.63, 3.8) is 0 Å². The highest BCUT2D eigenvalue weighted by Crippen LogP contribution is 2.16. The van der Waals surface area contributed by atoms with E-state index >= 15 is 0 Å². The van der Waals surface area contributed by atoms with E-state index in [9.17, 15) is 4.79 Å². The summed E-state index contributed by atoms with van der Waals surface area (Å²) in [7, 11) is 0. The molecule has 3 aromatic heterocycles. The van der Waals surface area contributed by atoms with Crippen LogP contribution in [0.2, 0.25) is 0 Å². The van der Waals surface area contributed by atoms with Crippen LogP contribution in [0.3, 0.4) is 0 Å². The maximum atomic E-state index is 11.3. The maximum Gasteiger partial charge on any atom is 0.377 e. The normalized spacial score (nSPS) is 9.68. The second kappa shape index (κ2) is 9.29. The van der Waals surface area contributed by atoms with E-state index in [0.29, 0.717) is 23.7 Å². The zero-order chi connectivity index (χ0) is 18.1. The Bertz CT molecular complexity index is 822. The van der Waals surface area contributed by atoms with Crippen LogP contribution in [0.4, 0.5) is 0 Å². The summed E-state index contributed by atoms with van der Waals surface area (Å²) in [5.74, 6) is -0.431. The molecule has 0 amide bonds. The molecule has 3 heterocycles. The van der Waals surface area contributed by atoms with Crippen molar-refractivity contribution in [3.8, 4) is 11.4 Å². The van der Waals surface area contributed by atoms with E-state index < -0.39 is 5.97 Å². The number of halogens is 1. The Morgan fingerprint density at radius 3 is 2.40 bits per heavy atom. The van der Waals surface area contributed by atoms with Crippen LogP contribution in [0.1, 0.15) is 23.2 Å². The molecule has 0 saturated carbocycles. The monoisotopic (exact) mass is 358 g/mol. The number of carbonyl (C=O) groups is 1. The van der Waals surface area contributed by atoms with Gasteiger partial charge in [0.1, 0.15) is 10.9 Å². The first-order chi connectivity index (χ1) is 12.1. The number of rotatable bonds is 4. The second-order valence-corrected chi connectivity index (χ2v) is 4.92. The first-order valence-electron chi connectivity index (χ1n) is 7.32. The molecule has 25 heavy (non-hydrogen) atoms. The number of esters is 1. The number of nitrogens with zero attached hydrogens (tertiary/aromatic N) is 3. The lowest BCUT2D eigenvalue weighted by Gasteiger charge is -1.94. The Labute approximate surface area is 149 Å². The molecule has 0 atom stereocenters. The molecule has 0 radical (unpaired) electrons. The van der Waals surface area contributed by atoms with Crippen molar-refractivity contribution in [2.24, 2.45) is 0 Å². The summed E-state index contributed by atoms with van der Waals surface area (Å²) in [6.07, 6.45) is 3.25. The van der Waals surface area contributed by atoms with Gasteiger partial charge in [0.15, 0.2) is 0 Å². The SMILES string of the molecule is CCOC(=O)c1cc(-c2ccccn2)no1.N=C(Cl)c1ccccn1. The molecule has 0 aromatic carbocycles. The number of ether oxygens (including phenoxy) is 1. The van der Waals surface area contributed by atoms with E-state index in [0.717, 1.165) is 0 Å². The van der Waals surface area contributed by atoms with Crippen molar-refractivity contribution in [1.82, 2.24) is 15.1 Å². The number of pyridine rings is 2. The molecule has 0 fully saturated rings. The van der Waals surface area contributed by atoms with Crippen LogP contribution >= 0.6 is 11.6 Å². The Morgan fingerprint density at radius 1 is 1.16 bits per heavy atom. The van der Waals surface area contributed by atoms with Gasteiger partial charge in [-0.25, -0.2) is 4.79 Å². The highest BCUT2D eigenvalue weighted by atomic mass is 35.5. The minimum Gasteiger partial charge on any atom is -0.460 e. The van der Waals surface area contributed by atoms with Crippen LogP contribution in [0.15, 0.2) is 59.4 Å². The Kier molecular flexibility index (Phi) is 6.79. The third-order valence-electron chi connectivity index (χ3n) is 2.80. The molecule has 3 aromatic rings. The first-order valence-corrected chi connectivity index (χ1v) is 7.70. The zero-order valence-corrected chi connectivity index (χ0v) is 14.1. The van der Waals surface area contributed by atoms with E-state index in [4.69, 9.17) is 26.3 Å². The van der Waals surface area contributed by atoms with Gasteiger partial charge in [0.25, 0.3) is 0 Å². The molecule has 0 spiro atoms. The van der Waals surface area contributed by atoms with Crippen LogP contribution in [-0.2, 0) is 4.74 Å². The van der Waals surface area contributed by atoms with Gasteiger partial charge in [-0.15, -0.1) is 0 Å². The van der Waals surface area contributed by atoms with Crippen molar-refractivity contribution in [2.75, 3.05) is 6.61 Å². The van der Waals surface area contributed by atoms with Crippen LogP contribution in [0.5, 0.6) is 0 Å². The van der Waals surface area contributed by atoms with Gasteiger partial charge in [0, 0.05) is 18.5 Å². The van der Waals surface area contributed by atoms with Gasteiger partial charge in [0.05, 0.1) is 18.0 Å². The number of hydrogen-bond donors (Lipinski definition) is 1. The first kappa shape index (κ1) is 18.3. The third-order valence-corrected chi connectivity index (χ3v) is 3.00. The average Bonchev–Trinajstić information content (AvgIpc) is 3.14. The van der Waals surface area contributed by atoms with Crippen molar-refractivity contribution in [1.29, 1.82) is 5.41 Å². The Morgan fingerprint density at radius 2 is 1.88 bits per heavy atom. The highest BCUT2D eigenvalue weighted by molar-refractivity contribution is 6.68. The lowest BCUT2D eigenvalue weighted by atomic mass is 10.2. The van der Waals surface area contributed by atoms with E-state index in [1.54, 1.807) is 49.6 Å². The molecular formula is C17H15ClN4O3. The lowest BCUT2D eigenvalue weighted by molar-refractivity contribution is 0.0480. The largest absolute Gasteiger partial charge is 0.460 e. The van der Waals surface area contributed by atoms with E-state index in [-0.39, 0.29) is 10.9 Å². The van der Waals surface area contributed by atoms with Gasteiger partial charge in [-0.05, 0) is 31.2 Å². The molecule has 0 unspecified atom stereocenters. The molecule has 0 aliphatic carbocycles. The van der Waals surface area contributed by atoms with Crippen molar-refractivity contribution < 1.29 is 14.1 Å². The van der Waals surface area contributed by atoms with E-state index in [1.165, 1.54) is 6.07 Å². The van der Waals surface area contributed by atoms with E-state index in [2.05, 4.69) is 15.1 Å². The maximum absolute atomic E-state index is 11.3. The summed E-state index contributed by atoms with van der Waals surface area (Å²) in [6.45, 7) is 2.03. The number of carbonyl (C=O) groups excluding carboxylic acids is 1. The fraction of sp³-hybridized carbons (Fsp3) is 0.118. The van der Waals surface area contributed by atoms with Gasteiger partial charge >= 0.3 is 5.97 Å². The molecule has 0 aliphatic rings. The van der Waals surface area contributed by atoms with Gasteiger partial charge in [0.2, 0.25) is 5.76 Å². The second-order valence-electron chi connectivity index (χ2n) is 4.54. The molecule has 128 valence electrons. The van der Waals surface area contributed by atoms with Gasteiger partial charge < -0.3 is 9.26 Å². The summed E-state index contributed by atoms with van der Waals surface area (Å²) in [4.78, 5) is 19.2. The molecule has 0 bridgehead atoms. The fourth-order valence-corrected chi connectivity index (χ4v) is 1.81. The summed E-state index contributed by atoms with van der Waals surface area (Å²) >= 11 is 5.32. The van der Waals surface area contributed by atoms with Crippen molar-refractivity contribution in [2.45, 2.75) is 6.92 Å². The molecule has 0 saturated heterocycles. The molecule has 8 heteroatoms. The fourth-order valence-electron chi connectivity index (χ4n) is 1.70. The number of hydrogen-bond acceptors (Lipinski definition) is 7. The Balaban J connectivity index is 0.000000212. The van der Waals surface area contributed by atoms with Crippen LogP contribution in [-0.4, -0.2) is 32.9 Å². The number of nitrogens with one attached hydrogen (secondary N) is 1. The standard InChI is InChI=1S/C11H10N2O3.C6H5ClN2/c1-2-15-11(14)10-7-9(13-16-10)8-5-3-4-6-12-8;7-6(8)5-3-1-2-4-9-5/h3-7H,2H2,1H3;1-4,8H. The van der Waals surface area contributed by atoms with E-state index in [1.807, 2.05) is 6.07 Å². The summed E-state index contributed by atoms with van der Waals surface area (Å²) in [6, 6.07) is 12.2. The average molecular weight is 359 g/mol. The summed E-state index contributed by atoms with van der Waals surface area (Å²) in [5.41, 5.74) is 1.68. The predicted molar refractivity (Wildman–Crippen MR) is 92.6 cm³/mol. The lowest BCUT2D eigenvalue weighted by Crippen LogP contribution is -2.02. The summed E-state index contributed by atoms with van der Waals surface area (Å²) in [5, 5.41) is 10.7. The molecule has 1 N–H and O–H groups in total. The minimum absolute atomic E-state index is 0.0180. The molecule has 3 rings (SSSR count). The molecule has 0 aliphatic heterocycles. The van der Waals surface area contributed by atoms with Gasteiger partial charge in [-0.1, -0.05) is 28.9 Å². The van der Waals surface area contributed by atoms with Gasteiger partial charge in [-0.2, -0.15) is 0 Å². The molecular weight excluding hydrogens is 344 g/mol. The molecule has 7 nitrogen and oxygen atoms in total. The topological polar surface area (TPSA) is 102 Å². The minimum atomic E-state index is -0.516. The smallest absolute Gasteiger partial charge is 0.377 e. The summed E-state index contributed by atoms with van der Waals surface area (Å²) < 4.78 is 9.65. The predicted octanol–water partition coefficient (Wildman–Crippen LogP) is 3.56.